The molecule has 78 valence electrons. The molecule has 1 aromatic rings. The monoisotopic (exact) mass is 193 g/mol. The molecule has 3 nitrogen and oxygen atoms in total. The maximum atomic E-state index is 6.08. The number of H-pyrrole nitrogens is 1. The summed E-state index contributed by atoms with van der Waals surface area (Å²) in [6, 6.07) is 0.196. The van der Waals surface area contributed by atoms with Crippen LogP contribution in [0.3, 0.4) is 0 Å². The third kappa shape index (κ3) is 1.36. The minimum absolute atomic E-state index is 0.196. The number of nitrogens with zero attached hydrogens (tertiary/aromatic N) is 1. The van der Waals surface area contributed by atoms with Gasteiger partial charge in [-0.1, -0.05) is 13.8 Å². The van der Waals surface area contributed by atoms with Crippen molar-refractivity contribution in [2.45, 2.75) is 45.6 Å². The molecule has 0 saturated heterocycles. The highest BCUT2D eigenvalue weighted by Gasteiger charge is 2.38. The van der Waals surface area contributed by atoms with E-state index in [2.05, 4.69) is 31.0 Å². The smallest absolute Gasteiger partial charge is 0.0525 e. The SMILES string of the molecule is CC(N)C1c2cn[nH]c2CCC1(C)C. The van der Waals surface area contributed by atoms with Crippen molar-refractivity contribution >= 4 is 0 Å². The summed E-state index contributed by atoms with van der Waals surface area (Å²) < 4.78 is 0. The fourth-order valence-corrected chi connectivity index (χ4v) is 2.81. The van der Waals surface area contributed by atoms with E-state index >= 15 is 0 Å². The molecule has 0 bridgehead atoms. The van der Waals surface area contributed by atoms with E-state index in [1.807, 2.05) is 6.20 Å². The zero-order chi connectivity index (χ0) is 10.3. The van der Waals surface area contributed by atoms with Gasteiger partial charge in [0, 0.05) is 17.7 Å². The summed E-state index contributed by atoms with van der Waals surface area (Å²) in [5, 5.41) is 7.20. The maximum absolute atomic E-state index is 6.08. The highest BCUT2D eigenvalue weighted by atomic mass is 15.1. The Hall–Kier alpha value is -0.830. The zero-order valence-electron chi connectivity index (χ0n) is 9.17. The van der Waals surface area contributed by atoms with Gasteiger partial charge in [-0.15, -0.1) is 0 Å². The van der Waals surface area contributed by atoms with Crippen molar-refractivity contribution in [1.29, 1.82) is 0 Å². The molecule has 0 aliphatic heterocycles. The first kappa shape index (κ1) is 9.71. The minimum Gasteiger partial charge on any atom is -0.327 e. The molecule has 0 spiro atoms. The minimum atomic E-state index is 0.196. The molecule has 0 amide bonds. The maximum Gasteiger partial charge on any atom is 0.0525 e. The lowest BCUT2D eigenvalue weighted by Crippen LogP contribution is -2.38. The molecule has 1 heterocycles. The number of nitrogens with one attached hydrogen (secondary N) is 1. The Balaban J connectivity index is 2.44. The van der Waals surface area contributed by atoms with Crippen molar-refractivity contribution in [1.82, 2.24) is 10.2 Å². The molecular formula is C11H19N3. The molecule has 3 N–H and O–H groups in total. The van der Waals surface area contributed by atoms with Gasteiger partial charge in [-0.05, 0) is 30.7 Å². The van der Waals surface area contributed by atoms with Crippen LogP contribution in [0.4, 0.5) is 0 Å². The predicted molar refractivity (Wildman–Crippen MR) is 57.1 cm³/mol. The Morgan fingerprint density at radius 1 is 1.64 bits per heavy atom. The van der Waals surface area contributed by atoms with Crippen LogP contribution in [0.5, 0.6) is 0 Å². The van der Waals surface area contributed by atoms with Crippen LogP contribution in [0.25, 0.3) is 0 Å². The molecule has 2 rings (SSSR count). The lowest BCUT2D eigenvalue weighted by atomic mass is 9.65. The van der Waals surface area contributed by atoms with E-state index in [1.54, 1.807) is 0 Å². The number of hydrogen-bond donors (Lipinski definition) is 2. The van der Waals surface area contributed by atoms with Crippen molar-refractivity contribution in [3.05, 3.63) is 17.5 Å². The van der Waals surface area contributed by atoms with Crippen LogP contribution in [0, 0.1) is 5.41 Å². The van der Waals surface area contributed by atoms with Crippen LogP contribution in [0.2, 0.25) is 0 Å². The molecule has 1 aromatic heterocycles. The van der Waals surface area contributed by atoms with Crippen LogP contribution in [0.1, 0.15) is 44.4 Å². The topological polar surface area (TPSA) is 54.7 Å². The molecule has 0 saturated carbocycles. The number of aromatic nitrogens is 2. The second-order valence-corrected chi connectivity index (χ2v) is 5.13. The number of rotatable bonds is 1. The van der Waals surface area contributed by atoms with Gasteiger partial charge in [0.1, 0.15) is 0 Å². The molecule has 0 fully saturated rings. The molecule has 1 aliphatic rings. The lowest BCUT2D eigenvalue weighted by molar-refractivity contribution is 0.220. The molecule has 0 aromatic carbocycles. The first-order valence-electron chi connectivity index (χ1n) is 5.30. The van der Waals surface area contributed by atoms with E-state index in [9.17, 15) is 0 Å². The molecule has 2 unspecified atom stereocenters. The van der Waals surface area contributed by atoms with E-state index in [4.69, 9.17) is 5.73 Å². The molecular weight excluding hydrogens is 174 g/mol. The van der Waals surface area contributed by atoms with Crippen LogP contribution < -0.4 is 5.73 Å². The van der Waals surface area contributed by atoms with Gasteiger partial charge in [0.15, 0.2) is 0 Å². The highest BCUT2D eigenvalue weighted by Crippen LogP contribution is 2.45. The predicted octanol–water partition coefficient (Wildman–Crippen LogP) is 1.81. The fourth-order valence-electron chi connectivity index (χ4n) is 2.81. The largest absolute Gasteiger partial charge is 0.327 e. The Kier molecular flexibility index (Phi) is 2.14. The summed E-state index contributed by atoms with van der Waals surface area (Å²) in [5.74, 6) is 0.435. The quantitative estimate of drug-likeness (QED) is 0.714. The summed E-state index contributed by atoms with van der Waals surface area (Å²) in [6.45, 7) is 6.70. The Labute approximate surface area is 85.1 Å². The van der Waals surface area contributed by atoms with Crippen molar-refractivity contribution < 1.29 is 0 Å². The van der Waals surface area contributed by atoms with Gasteiger partial charge in [0.05, 0.1) is 6.20 Å². The summed E-state index contributed by atoms with van der Waals surface area (Å²) in [6.07, 6.45) is 4.24. The molecule has 1 aliphatic carbocycles. The summed E-state index contributed by atoms with van der Waals surface area (Å²) >= 11 is 0. The third-order valence-electron chi connectivity index (χ3n) is 3.47. The summed E-state index contributed by atoms with van der Waals surface area (Å²) in [7, 11) is 0. The lowest BCUT2D eigenvalue weighted by Gasteiger charge is -2.40. The van der Waals surface area contributed by atoms with E-state index in [1.165, 1.54) is 17.7 Å². The van der Waals surface area contributed by atoms with Crippen LogP contribution in [-0.2, 0) is 6.42 Å². The van der Waals surface area contributed by atoms with Gasteiger partial charge >= 0.3 is 0 Å². The number of aromatic amines is 1. The summed E-state index contributed by atoms with van der Waals surface area (Å²) in [5.41, 5.74) is 8.99. The summed E-state index contributed by atoms with van der Waals surface area (Å²) in [4.78, 5) is 0. The van der Waals surface area contributed by atoms with Gasteiger partial charge in [0.25, 0.3) is 0 Å². The third-order valence-corrected chi connectivity index (χ3v) is 3.47. The van der Waals surface area contributed by atoms with Gasteiger partial charge < -0.3 is 5.73 Å². The number of aryl methyl sites for hydroxylation is 1. The Morgan fingerprint density at radius 2 is 2.36 bits per heavy atom. The van der Waals surface area contributed by atoms with Crippen molar-refractivity contribution in [3.63, 3.8) is 0 Å². The van der Waals surface area contributed by atoms with Crippen LogP contribution in [0.15, 0.2) is 6.20 Å². The van der Waals surface area contributed by atoms with Gasteiger partial charge in [0.2, 0.25) is 0 Å². The molecule has 0 radical (unpaired) electrons. The van der Waals surface area contributed by atoms with E-state index in [0.717, 1.165) is 6.42 Å². The Morgan fingerprint density at radius 3 is 3.00 bits per heavy atom. The van der Waals surface area contributed by atoms with Crippen molar-refractivity contribution in [2.24, 2.45) is 11.1 Å². The zero-order valence-corrected chi connectivity index (χ0v) is 9.17. The van der Waals surface area contributed by atoms with Crippen molar-refractivity contribution in [3.8, 4) is 0 Å². The van der Waals surface area contributed by atoms with Gasteiger partial charge in [-0.3, -0.25) is 5.10 Å². The fraction of sp³-hybridized carbons (Fsp3) is 0.727. The standard InChI is InChI=1S/C11H19N3/c1-7(12)10-8-6-13-14-9(8)4-5-11(10,2)3/h6-7,10H,4-5,12H2,1-3H3,(H,13,14). The van der Waals surface area contributed by atoms with E-state index in [-0.39, 0.29) is 6.04 Å². The average Bonchev–Trinajstić information content (AvgIpc) is 2.48. The van der Waals surface area contributed by atoms with Crippen molar-refractivity contribution in [2.75, 3.05) is 0 Å². The normalized spacial score (nSPS) is 27.0. The second-order valence-electron chi connectivity index (χ2n) is 5.13. The number of fused-ring (bicyclic) bond motifs is 1. The molecule has 14 heavy (non-hydrogen) atoms. The van der Waals surface area contributed by atoms with E-state index in [0.29, 0.717) is 11.3 Å². The first-order chi connectivity index (χ1) is 6.52. The number of nitrogens with two attached hydrogens (primary N) is 1. The van der Waals surface area contributed by atoms with Gasteiger partial charge in [-0.2, -0.15) is 5.10 Å². The van der Waals surface area contributed by atoms with Crippen LogP contribution in [-0.4, -0.2) is 16.2 Å². The second kappa shape index (κ2) is 3.09. The highest BCUT2D eigenvalue weighted by molar-refractivity contribution is 5.28. The Bertz CT molecular complexity index is 325. The molecule has 3 heteroatoms. The molecule has 2 atom stereocenters. The number of hydrogen-bond acceptors (Lipinski definition) is 2. The van der Waals surface area contributed by atoms with Gasteiger partial charge in [-0.25, -0.2) is 0 Å². The first-order valence-corrected chi connectivity index (χ1v) is 5.30. The average molecular weight is 193 g/mol. The van der Waals surface area contributed by atoms with E-state index < -0.39 is 0 Å². The van der Waals surface area contributed by atoms with Crippen LogP contribution >= 0.6 is 0 Å².